The molecule has 2 aromatic carbocycles. The van der Waals surface area contributed by atoms with E-state index in [-0.39, 0.29) is 41.7 Å². The van der Waals surface area contributed by atoms with Crippen LogP contribution >= 0.6 is 11.6 Å². The lowest BCUT2D eigenvalue weighted by Crippen LogP contribution is -2.36. The Morgan fingerprint density at radius 1 is 1.10 bits per heavy atom. The number of rotatable bonds is 5. The van der Waals surface area contributed by atoms with Crippen LogP contribution in [0.5, 0.6) is 0 Å². The summed E-state index contributed by atoms with van der Waals surface area (Å²) in [5.41, 5.74) is 8.51. The van der Waals surface area contributed by atoms with Crippen molar-refractivity contribution in [1.29, 1.82) is 0 Å². The number of nitrogens with two attached hydrogens (primary N) is 1. The van der Waals surface area contributed by atoms with Crippen LogP contribution in [0.25, 0.3) is 0 Å². The van der Waals surface area contributed by atoms with Gasteiger partial charge in [0.1, 0.15) is 5.82 Å². The number of fused-ring (bicyclic) bond motifs is 1. The van der Waals surface area contributed by atoms with E-state index >= 15 is 0 Å². The van der Waals surface area contributed by atoms with Crippen molar-refractivity contribution >= 4 is 23.4 Å². The number of likely N-dealkylation sites (tertiary alicyclic amines) is 2. The smallest absolute Gasteiger partial charge is 0.256 e. The third kappa shape index (κ3) is 4.46. The van der Waals surface area contributed by atoms with Gasteiger partial charge >= 0.3 is 0 Å². The third-order valence-electron chi connectivity index (χ3n) is 6.57. The van der Waals surface area contributed by atoms with Crippen molar-refractivity contribution in [2.45, 2.75) is 26.3 Å². The summed E-state index contributed by atoms with van der Waals surface area (Å²) < 4.78 is 14.2. The Labute approximate surface area is 187 Å². The zero-order valence-electron chi connectivity index (χ0n) is 17.8. The van der Waals surface area contributed by atoms with Gasteiger partial charge in [-0.25, -0.2) is 4.39 Å². The van der Waals surface area contributed by atoms with Gasteiger partial charge in [-0.15, -0.1) is 0 Å². The molecule has 2 saturated heterocycles. The number of aryl methyl sites for hydroxylation is 2. The second-order valence-corrected chi connectivity index (χ2v) is 9.27. The number of carbonyl (C=O) groups is 2. The van der Waals surface area contributed by atoms with E-state index in [9.17, 15) is 14.0 Å². The number of hydrogen-bond acceptors (Lipinski definition) is 3. The zero-order valence-corrected chi connectivity index (χ0v) is 18.5. The molecule has 0 spiro atoms. The Morgan fingerprint density at radius 3 is 2.39 bits per heavy atom. The molecule has 0 bridgehead atoms. The molecule has 2 aromatic rings. The Hall–Kier alpha value is -2.44. The van der Waals surface area contributed by atoms with E-state index in [0.29, 0.717) is 18.1 Å². The molecule has 7 heteroatoms. The number of carbonyl (C=O) groups excluding carboxylic acids is 2. The first-order valence-electron chi connectivity index (χ1n) is 10.6. The van der Waals surface area contributed by atoms with Crippen molar-refractivity contribution in [3.63, 3.8) is 0 Å². The molecule has 164 valence electrons. The van der Waals surface area contributed by atoms with E-state index in [1.807, 2.05) is 32.0 Å². The Balaban J connectivity index is 1.48. The maximum Gasteiger partial charge on any atom is 0.256 e. The minimum absolute atomic E-state index is 0.137. The minimum atomic E-state index is -0.480. The normalized spacial score (nSPS) is 21.9. The van der Waals surface area contributed by atoms with E-state index in [0.717, 1.165) is 29.8 Å². The second kappa shape index (κ2) is 8.60. The van der Waals surface area contributed by atoms with Crippen molar-refractivity contribution in [2.75, 3.05) is 26.2 Å². The first kappa shape index (κ1) is 21.8. The minimum Gasteiger partial charge on any atom is -0.370 e. The van der Waals surface area contributed by atoms with Crippen molar-refractivity contribution < 1.29 is 14.0 Å². The lowest BCUT2D eigenvalue weighted by molar-refractivity contribution is -0.119. The number of halogens is 2. The van der Waals surface area contributed by atoms with Crippen LogP contribution in [-0.2, 0) is 4.79 Å². The second-order valence-electron chi connectivity index (χ2n) is 8.86. The molecule has 3 unspecified atom stereocenters. The Morgan fingerprint density at radius 2 is 1.77 bits per heavy atom. The molecule has 2 amide bonds. The quantitative estimate of drug-likeness (QED) is 0.765. The molecule has 4 rings (SSSR count). The molecule has 0 aromatic heterocycles. The molecular weight excluding hydrogens is 417 g/mol. The SMILES string of the molecule is Cc1ccc(F)c(C(=O)N2CC3CN(C(CC(N)=O)c4ccc(C)c(Cl)c4)CC3C2)c1. The van der Waals surface area contributed by atoms with E-state index in [2.05, 4.69) is 4.90 Å². The fourth-order valence-corrected chi connectivity index (χ4v) is 5.08. The molecule has 5 nitrogen and oxygen atoms in total. The van der Waals surface area contributed by atoms with Gasteiger partial charge in [0.15, 0.2) is 0 Å². The Kier molecular flexibility index (Phi) is 6.04. The molecule has 2 fully saturated rings. The van der Waals surface area contributed by atoms with Crippen LogP contribution in [0.4, 0.5) is 4.39 Å². The van der Waals surface area contributed by atoms with Crippen molar-refractivity contribution in [3.05, 3.63) is 69.5 Å². The van der Waals surface area contributed by atoms with Gasteiger partial charge in [-0.3, -0.25) is 14.5 Å². The number of primary amides is 1. The highest BCUT2D eigenvalue weighted by Gasteiger charge is 2.44. The fraction of sp³-hybridized carbons (Fsp3) is 0.417. The lowest BCUT2D eigenvalue weighted by Gasteiger charge is -2.29. The number of benzene rings is 2. The molecule has 2 aliphatic heterocycles. The summed E-state index contributed by atoms with van der Waals surface area (Å²) >= 11 is 6.32. The summed E-state index contributed by atoms with van der Waals surface area (Å²) in [6.45, 7) is 6.49. The fourth-order valence-electron chi connectivity index (χ4n) is 4.89. The van der Waals surface area contributed by atoms with Crippen LogP contribution in [-0.4, -0.2) is 47.8 Å². The van der Waals surface area contributed by atoms with Gasteiger partial charge in [0.2, 0.25) is 5.91 Å². The predicted molar refractivity (Wildman–Crippen MR) is 118 cm³/mol. The van der Waals surface area contributed by atoms with Gasteiger partial charge in [-0.1, -0.05) is 35.4 Å². The Bertz CT molecular complexity index is 1010. The summed E-state index contributed by atoms with van der Waals surface area (Å²) in [5, 5.41) is 0.670. The summed E-state index contributed by atoms with van der Waals surface area (Å²) in [4.78, 5) is 28.7. The van der Waals surface area contributed by atoms with Crippen LogP contribution in [0.3, 0.4) is 0 Å². The first-order valence-corrected chi connectivity index (χ1v) is 10.9. The predicted octanol–water partition coefficient (Wildman–Crippen LogP) is 3.72. The summed E-state index contributed by atoms with van der Waals surface area (Å²) in [6, 6.07) is 10.4. The molecule has 2 heterocycles. The highest BCUT2D eigenvalue weighted by atomic mass is 35.5. The van der Waals surface area contributed by atoms with Crippen LogP contribution in [0.2, 0.25) is 5.02 Å². The van der Waals surface area contributed by atoms with Gasteiger partial charge < -0.3 is 10.6 Å². The molecule has 2 N–H and O–H groups in total. The molecular formula is C24H27ClFN3O2. The van der Waals surface area contributed by atoms with Crippen LogP contribution < -0.4 is 5.73 Å². The standard InChI is InChI=1S/C24H27ClFN3O2/c1-14-3-6-21(26)19(7-14)24(31)29-12-17-10-28(11-18(17)13-29)22(9-23(27)30)16-5-4-15(2)20(25)8-16/h3-8,17-18,22H,9-13H2,1-2H3,(H2,27,30). The average Bonchev–Trinajstić information content (AvgIpc) is 3.29. The number of hydrogen-bond donors (Lipinski definition) is 1. The van der Waals surface area contributed by atoms with Crippen molar-refractivity contribution in [3.8, 4) is 0 Å². The molecule has 2 aliphatic rings. The highest BCUT2D eigenvalue weighted by Crippen LogP contribution is 2.38. The van der Waals surface area contributed by atoms with E-state index in [1.165, 1.54) is 6.07 Å². The monoisotopic (exact) mass is 443 g/mol. The largest absolute Gasteiger partial charge is 0.370 e. The summed E-state index contributed by atoms with van der Waals surface area (Å²) in [7, 11) is 0. The molecule has 3 atom stereocenters. The van der Waals surface area contributed by atoms with Gasteiger partial charge in [0.05, 0.1) is 5.56 Å². The molecule has 31 heavy (non-hydrogen) atoms. The van der Waals surface area contributed by atoms with E-state index in [4.69, 9.17) is 17.3 Å². The van der Waals surface area contributed by atoms with Gasteiger partial charge in [0, 0.05) is 43.7 Å². The topological polar surface area (TPSA) is 66.6 Å². The molecule has 0 saturated carbocycles. The summed E-state index contributed by atoms with van der Waals surface area (Å²) in [6.07, 6.45) is 0.218. The van der Waals surface area contributed by atoms with E-state index < -0.39 is 5.82 Å². The summed E-state index contributed by atoms with van der Waals surface area (Å²) in [5.74, 6) is -0.514. The maximum atomic E-state index is 14.2. The lowest BCUT2D eigenvalue weighted by atomic mass is 10.0. The van der Waals surface area contributed by atoms with Gasteiger partial charge in [-0.05, 0) is 55.0 Å². The van der Waals surface area contributed by atoms with Crippen molar-refractivity contribution in [1.82, 2.24) is 9.80 Å². The van der Waals surface area contributed by atoms with E-state index in [1.54, 1.807) is 17.0 Å². The highest BCUT2D eigenvalue weighted by molar-refractivity contribution is 6.31. The molecule has 0 radical (unpaired) electrons. The number of nitrogens with zero attached hydrogens (tertiary/aromatic N) is 2. The average molecular weight is 444 g/mol. The molecule has 0 aliphatic carbocycles. The van der Waals surface area contributed by atoms with Crippen molar-refractivity contribution in [2.24, 2.45) is 17.6 Å². The number of amides is 2. The third-order valence-corrected chi connectivity index (χ3v) is 6.98. The van der Waals surface area contributed by atoms with Gasteiger partial charge in [-0.2, -0.15) is 0 Å². The van der Waals surface area contributed by atoms with Crippen LogP contribution in [0, 0.1) is 31.5 Å². The van der Waals surface area contributed by atoms with Crippen LogP contribution in [0.15, 0.2) is 36.4 Å². The van der Waals surface area contributed by atoms with Gasteiger partial charge in [0.25, 0.3) is 5.91 Å². The maximum absolute atomic E-state index is 14.2. The zero-order chi connectivity index (χ0) is 22.3. The van der Waals surface area contributed by atoms with Crippen LogP contribution in [0.1, 0.15) is 39.5 Å². The first-order chi connectivity index (χ1) is 14.7.